The molecule has 8 heteroatoms. The van der Waals surface area contributed by atoms with Crippen molar-refractivity contribution in [2.24, 2.45) is 0 Å². The van der Waals surface area contributed by atoms with Crippen LogP contribution in [0, 0.1) is 20.8 Å². The Balaban J connectivity index is 2.16. The van der Waals surface area contributed by atoms with Crippen molar-refractivity contribution < 1.29 is 22.7 Å². The predicted octanol–water partition coefficient (Wildman–Crippen LogP) is 2.73. The number of benzene rings is 1. The molecule has 1 amide bonds. The molecule has 1 saturated heterocycles. The highest BCUT2D eigenvalue weighted by Crippen LogP contribution is 2.31. The normalized spacial score (nSPS) is 17.0. The molecule has 1 aliphatic heterocycles. The van der Waals surface area contributed by atoms with E-state index in [2.05, 4.69) is 6.58 Å². The SMILES string of the molecule is C=C(C)CN(CC)C(=O)COC(=O)C1CCCN1S(=O)(=O)c1c(C)cc(C)cc1C. The summed E-state index contributed by atoms with van der Waals surface area (Å²) in [6, 6.07) is 2.73. The highest BCUT2D eigenvalue weighted by atomic mass is 32.2. The van der Waals surface area contributed by atoms with Crippen LogP contribution in [0.5, 0.6) is 0 Å². The second-order valence-corrected chi connectivity index (χ2v) is 9.80. The maximum Gasteiger partial charge on any atom is 0.324 e. The van der Waals surface area contributed by atoms with Crippen LogP contribution in [-0.4, -0.2) is 61.8 Å². The van der Waals surface area contributed by atoms with Gasteiger partial charge in [-0.15, -0.1) is 0 Å². The number of ether oxygens (including phenoxy) is 1. The van der Waals surface area contributed by atoms with Gasteiger partial charge in [-0.2, -0.15) is 4.31 Å². The highest BCUT2D eigenvalue weighted by molar-refractivity contribution is 7.89. The van der Waals surface area contributed by atoms with Crippen molar-refractivity contribution in [3.05, 3.63) is 41.0 Å². The maximum atomic E-state index is 13.3. The molecule has 7 nitrogen and oxygen atoms in total. The molecule has 1 unspecified atom stereocenters. The molecule has 2 rings (SSSR count). The fourth-order valence-corrected chi connectivity index (χ4v) is 6.04. The Labute approximate surface area is 179 Å². The average molecular weight is 437 g/mol. The van der Waals surface area contributed by atoms with Crippen molar-refractivity contribution in [1.29, 1.82) is 0 Å². The van der Waals surface area contributed by atoms with E-state index in [9.17, 15) is 18.0 Å². The van der Waals surface area contributed by atoms with E-state index in [0.717, 1.165) is 11.1 Å². The van der Waals surface area contributed by atoms with Crippen LogP contribution in [0.15, 0.2) is 29.2 Å². The van der Waals surface area contributed by atoms with E-state index < -0.39 is 28.6 Å². The van der Waals surface area contributed by atoms with Crippen molar-refractivity contribution in [2.45, 2.75) is 58.4 Å². The number of carbonyl (C=O) groups excluding carboxylic acids is 2. The van der Waals surface area contributed by atoms with Crippen molar-refractivity contribution in [2.75, 3.05) is 26.2 Å². The Morgan fingerprint density at radius 3 is 2.37 bits per heavy atom. The van der Waals surface area contributed by atoms with Gasteiger partial charge in [0.15, 0.2) is 6.61 Å². The van der Waals surface area contributed by atoms with Gasteiger partial charge in [-0.05, 0) is 58.6 Å². The monoisotopic (exact) mass is 436 g/mol. The number of likely N-dealkylation sites (N-methyl/N-ethyl adjacent to an activating group) is 1. The van der Waals surface area contributed by atoms with Gasteiger partial charge < -0.3 is 9.64 Å². The standard InChI is InChI=1S/C22H32N2O5S/c1-7-23(13-15(2)3)20(25)14-29-22(26)19-9-8-10-24(19)30(27,28)21-17(5)11-16(4)12-18(21)6/h11-12,19H,2,7-10,13-14H2,1,3-6H3. The molecular weight excluding hydrogens is 404 g/mol. The Kier molecular flexibility index (Phi) is 7.82. The van der Waals surface area contributed by atoms with Gasteiger partial charge in [0.05, 0.1) is 4.90 Å². The number of aryl methyl sites for hydroxylation is 3. The lowest BCUT2D eigenvalue weighted by atomic mass is 10.1. The Morgan fingerprint density at radius 1 is 1.23 bits per heavy atom. The summed E-state index contributed by atoms with van der Waals surface area (Å²) in [6.07, 6.45) is 0.938. The first-order chi connectivity index (χ1) is 14.0. The molecule has 0 bridgehead atoms. The Morgan fingerprint density at radius 2 is 1.83 bits per heavy atom. The fourth-order valence-electron chi connectivity index (χ4n) is 3.98. The molecule has 30 heavy (non-hydrogen) atoms. The van der Waals surface area contributed by atoms with Crippen LogP contribution in [0.2, 0.25) is 0 Å². The van der Waals surface area contributed by atoms with Gasteiger partial charge >= 0.3 is 5.97 Å². The van der Waals surface area contributed by atoms with E-state index in [1.165, 1.54) is 9.21 Å². The molecule has 1 heterocycles. The van der Waals surface area contributed by atoms with Crippen molar-refractivity contribution in [3.63, 3.8) is 0 Å². The lowest BCUT2D eigenvalue weighted by molar-refractivity contribution is -0.154. The summed E-state index contributed by atoms with van der Waals surface area (Å²) >= 11 is 0. The molecule has 0 N–H and O–H groups in total. The van der Waals surface area contributed by atoms with Gasteiger partial charge in [0.25, 0.3) is 5.91 Å². The highest BCUT2D eigenvalue weighted by Gasteiger charge is 2.41. The minimum Gasteiger partial charge on any atom is -0.454 e. The molecule has 0 spiro atoms. The van der Waals surface area contributed by atoms with Crippen molar-refractivity contribution in [3.8, 4) is 0 Å². The van der Waals surface area contributed by atoms with E-state index in [0.29, 0.717) is 37.1 Å². The number of rotatable bonds is 8. The van der Waals surface area contributed by atoms with E-state index in [-0.39, 0.29) is 17.3 Å². The lowest BCUT2D eigenvalue weighted by Gasteiger charge is -2.25. The third kappa shape index (κ3) is 5.29. The van der Waals surface area contributed by atoms with Crippen LogP contribution in [0.25, 0.3) is 0 Å². The Bertz CT molecular complexity index is 916. The number of hydrogen-bond donors (Lipinski definition) is 0. The van der Waals surface area contributed by atoms with Gasteiger partial charge in [-0.1, -0.05) is 29.8 Å². The van der Waals surface area contributed by atoms with E-state index in [1.54, 1.807) is 13.8 Å². The minimum absolute atomic E-state index is 0.238. The lowest BCUT2D eigenvalue weighted by Crippen LogP contribution is -2.43. The average Bonchev–Trinajstić information content (AvgIpc) is 3.13. The van der Waals surface area contributed by atoms with Gasteiger partial charge in [0.1, 0.15) is 6.04 Å². The summed E-state index contributed by atoms with van der Waals surface area (Å²) in [5.74, 6) is -1.01. The van der Waals surface area contributed by atoms with Crippen LogP contribution < -0.4 is 0 Å². The summed E-state index contributed by atoms with van der Waals surface area (Å²) < 4.78 is 33.1. The topological polar surface area (TPSA) is 84.0 Å². The number of nitrogens with zero attached hydrogens (tertiary/aromatic N) is 2. The van der Waals surface area contributed by atoms with Gasteiger partial charge in [-0.25, -0.2) is 8.42 Å². The number of sulfonamides is 1. The molecule has 166 valence electrons. The first-order valence-corrected chi connectivity index (χ1v) is 11.6. The molecule has 1 fully saturated rings. The molecule has 1 aromatic rings. The second kappa shape index (κ2) is 9.75. The first-order valence-electron chi connectivity index (χ1n) is 10.2. The molecular formula is C22H32N2O5S. The molecule has 1 aromatic carbocycles. The number of hydrogen-bond acceptors (Lipinski definition) is 5. The quantitative estimate of drug-likeness (QED) is 0.462. The van der Waals surface area contributed by atoms with Crippen LogP contribution in [0.3, 0.4) is 0 Å². The predicted molar refractivity (Wildman–Crippen MR) is 116 cm³/mol. The largest absolute Gasteiger partial charge is 0.454 e. The van der Waals surface area contributed by atoms with Crippen LogP contribution in [0.4, 0.5) is 0 Å². The van der Waals surface area contributed by atoms with Gasteiger partial charge in [0, 0.05) is 19.6 Å². The number of carbonyl (C=O) groups is 2. The van der Waals surface area contributed by atoms with Gasteiger partial charge in [0.2, 0.25) is 10.0 Å². The third-order valence-electron chi connectivity index (χ3n) is 5.18. The zero-order chi connectivity index (χ0) is 22.6. The zero-order valence-electron chi connectivity index (χ0n) is 18.5. The first kappa shape index (κ1) is 24.1. The summed E-state index contributed by atoms with van der Waals surface area (Å²) in [5.41, 5.74) is 3.11. The maximum absolute atomic E-state index is 13.3. The Hall–Kier alpha value is -2.19. The van der Waals surface area contributed by atoms with E-state index in [1.807, 2.05) is 32.9 Å². The minimum atomic E-state index is -3.86. The summed E-state index contributed by atoms with van der Waals surface area (Å²) in [7, 11) is -3.86. The van der Waals surface area contributed by atoms with Crippen molar-refractivity contribution in [1.82, 2.24) is 9.21 Å². The molecule has 0 aliphatic carbocycles. The zero-order valence-corrected chi connectivity index (χ0v) is 19.3. The molecule has 0 saturated carbocycles. The van der Waals surface area contributed by atoms with Crippen LogP contribution in [-0.2, 0) is 24.3 Å². The van der Waals surface area contributed by atoms with E-state index >= 15 is 0 Å². The van der Waals surface area contributed by atoms with Gasteiger partial charge in [-0.3, -0.25) is 9.59 Å². The van der Waals surface area contributed by atoms with E-state index in [4.69, 9.17) is 4.74 Å². The number of esters is 1. The molecule has 1 aliphatic rings. The third-order valence-corrected chi connectivity index (χ3v) is 7.39. The molecule has 0 aromatic heterocycles. The van der Waals surface area contributed by atoms with Crippen molar-refractivity contribution >= 4 is 21.9 Å². The molecule has 0 radical (unpaired) electrons. The summed E-state index contributed by atoms with van der Waals surface area (Å²) in [4.78, 5) is 26.8. The number of amides is 1. The smallest absolute Gasteiger partial charge is 0.324 e. The molecule has 1 atom stereocenters. The van der Waals surface area contributed by atoms with Crippen LogP contribution >= 0.6 is 0 Å². The summed E-state index contributed by atoms with van der Waals surface area (Å²) in [5, 5.41) is 0. The summed E-state index contributed by atoms with van der Waals surface area (Å²) in [6.45, 7) is 13.6. The second-order valence-electron chi connectivity index (χ2n) is 7.97. The fraction of sp³-hybridized carbons (Fsp3) is 0.545. The van der Waals surface area contributed by atoms with Crippen LogP contribution in [0.1, 0.15) is 43.4 Å².